The van der Waals surface area contributed by atoms with Gasteiger partial charge in [-0.25, -0.2) is 0 Å². The predicted molar refractivity (Wildman–Crippen MR) is 51.0 cm³/mol. The highest BCUT2D eigenvalue weighted by Gasteiger charge is 2.49. The predicted octanol–water partition coefficient (Wildman–Crippen LogP) is 1.73. The SMILES string of the molecule is CCC(CC)C(Br)(C(=O)O)C(=O)O. The van der Waals surface area contributed by atoms with Crippen molar-refractivity contribution in [1.29, 1.82) is 0 Å². The van der Waals surface area contributed by atoms with Gasteiger partial charge in [0.15, 0.2) is 0 Å². The molecule has 0 aromatic heterocycles. The van der Waals surface area contributed by atoms with Gasteiger partial charge >= 0.3 is 11.9 Å². The molecule has 0 atom stereocenters. The van der Waals surface area contributed by atoms with Crippen LogP contribution in [0.25, 0.3) is 0 Å². The van der Waals surface area contributed by atoms with Gasteiger partial charge in [-0.1, -0.05) is 42.6 Å². The Hall–Kier alpha value is -0.580. The number of hydrogen-bond acceptors (Lipinski definition) is 2. The lowest BCUT2D eigenvalue weighted by Crippen LogP contribution is -2.47. The Bertz CT molecular complexity index is 196. The second-order valence-electron chi connectivity index (χ2n) is 2.84. The zero-order valence-corrected chi connectivity index (χ0v) is 9.17. The second-order valence-corrected chi connectivity index (χ2v) is 4.09. The summed E-state index contributed by atoms with van der Waals surface area (Å²) >= 11 is 2.80. The highest BCUT2D eigenvalue weighted by molar-refractivity contribution is 9.10. The highest BCUT2D eigenvalue weighted by Crippen LogP contribution is 2.33. The van der Waals surface area contributed by atoms with Crippen molar-refractivity contribution in [2.75, 3.05) is 0 Å². The van der Waals surface area contributed by atoms with Gasteiger partial charge in [0.2, 0.25) is 4.32 Å². The van der Waals surface area contributed by atoms with Gasteiger partial charge < -0.3 is 10.2 Å². The van der Waals surface area contributed by atoms with E-state index in [-0.39, 0.29) is 0 Å². The van der Waals surface area contributed by atoms with Crippen molar-refractivity contribution in [1.82, 2.24) is 0 Å². The summed E-state index contributed by atoms with van der Waals surface area (Å²) < 4.78 is -1.84. The molecule has 0 radical (unpaired) electrons. The third kappa shape index (κ3) is 2.21. The average molecular weight is 253 g/mol. The molecule has 2 N–H and O–H groups in total. The average Bonchev–Trinajstić information content (AvgIpc) is 2.05. The lowest BCUT2D eigenvalue weighted by molar-refractivity contribution is -0.153. The van der Waals surface area contributed by atoms with Crippen LogP contribution in [0.1, 0.15) is 26.7 Å². The molecule has 0 aliphatic heterocycles. The number of carboxylic acid groups (broad SMARTS) is 2. The van der Waals surface area contributed by atoms with E-state index in [9.17, 15) is 9.59 Å². The monoisotopic (exact) mass is 252 g/mol. The van der Waals surface area contributed by atoms with E-state index in [1.54, 1.807) is 13.8 Å². The van der Waals surface area contributed by atoms with Gasteiger partial charge in [0.1, 0.15) is 0 Å². The van der Waals surface area contributed by atoms with E-state index in [2.05, 4.69) is 15.9 Å². The summed E-state index contributed by atoms with van der Waals surface area (Å²) in [6.45, 7) is 3.55. The molecule has 0 aromatic carbocycles. The minimum atomic E-state index is -1.84. The molecule has 13 heavy (non-hydrogen) atoms. The molecule has 0 aliphatic rings. The number of rotatable bonds is 5. The Balaban J connectivity index is 4.98. The van der Waals surface area contributed by atoms with Crippen LogP contribution in [0, 0.1) is 5.92 Å². The molecule has 5 heteroatoms. The summed E-state index contributed by atoms with van der Waals surface area (Å²) in [5.41, 5.74) is 0. The Morgan fingerprint density at radius 3 is 1.62 bits per heavy atom. The van der Waals surface area contributed by atoms with E-state index in [0.717, 1.165) is 0 Å². The van der Waals surface area contributed by atoms with Gasteiger partial charge in [0, 0.05) is 0 Å². The minimum absolute atomic E-state index is 0.400. The Morgan fingerprint density at radius 1 is 1.23 bits per heavy atom. The summed E-state index contributed by atoms with van der Waals surface area (Å²) in [4.78, 5) is 21.6. The number of carboxylic acids is 2. The summed E-state index contributed by atoms with van der Waals surface area (Å²) in [6, 6.07) is 0. The van der Waals surface area contributed by atoms with Gasteiger partial charge in [0.25, 0.3) is 0 Å². The maximum Gasteiger partial charge on any atom is 0.332 e. The first-order valence-electron chi connectivity index (χ1n) is 4.06. The fourth-order valence-corrected chi connectivity index (χ4v) is 1.94. The van der Waals surface area contributed by atoms with Crippen LogP contribution in [0.4, 0.5) is 0 Å². The molecule has 0 saturated carbocycles. The van der Waals surface area contributed by atoms with Gasteiger partial charge in [-0.15, -0.1) is 0 Å². The quantitative estimate of drug-likeness (QED) is 0.578. The fourth-order valence-electron chi connectivity index (χ4n) is 1.29. The smallest absolute Gasteiger partial charge is 0.332 e. The zero-order chi connectivity index (χ0) is 10.6. The third-order valence-electron chi connectivity index (χ3n) is 2.17. The number of halogens is 1. The maximum absolute atomic E-state index is 10.8. The van der Waals surface area contributed by atoms with Crippen molar-refractivity contribution >= 4 is 27.9 Å². The first kappa shape index (κ1) is 12.4. The molecule has 0 aliphatic carbocycles. The van der Waals surface area contributed by atoms with Crippen LogP contribution in [0.15, 0.2) is 0 Å². The molecule has 0 spiro atoms. The summed E-state index contributed by atoms with van der Waals surface area (Å²) in [5, 5.41) is 17.6. The van der Waals surface area contributed by atoms with Gasteiger partial charge in [-0.2, -0.15) is 0 Å². The van der Waals surface area contributed by atoms with Crippen LogP contribution in [0.2, 0.25) is 0 Å². The molecule has 0 saturated heterocycles. The van der Waals surface area contributed by atoms with E-state index in [0.29, 0.717) is 12.8 Å². The van der Waals surface area contributed by atoms with Crippen molar-refractivity contribution in [2.24, 2.45) is 5.92 Å². The summed E-state index contributed by atoms with van der Waals surface area (Å²) in [7, 11) is 0. The standard InChI is InChI=1S/C8H13BrO4/c1-3-5(4-2)8(9,6(10)11)7(12)13/h5H,3-4H2,1-2H3,(H,10,11)(H,12,13). The van der Waals surface area contributed by atoms with Crippen molar-refractivity contribution in [3.05, 3.63) is 0 Å². The van der Waals surface area contributed by atoms with Crippen LogP contribution in [0.5, 0.6) is 0 Å². The molecule has 0 rings (SSSR count). The van der Waals surface area contributed by atoms with Crippen LogP contribution >= 0.6 is 15.9 Å². The highest BCUT2D eigenvalue weighted by atomic mass is 79.9. The molecular formula is C8H13BrO4. The first-order valence-corrected chi connectivity index (χ1v) is 4.86. The van der Waals surface area contributed by atoms with E-state index >= 15 is 0 Å². The molecular weight excluding hydrogens is 240 g/mol. The number of carbonyl (C=O) groups is 2. The molecule has 0 heterocycles. The van der Waals surface area contributed by atoms with Crippen LogP contribution in [-0.4, -0.2) is 26.5 Å². The lowest BCUT2D eigenvalue weighted by atomic mass is 9.88. The topological polar surface area (TPSA) is 74.6 Å². The van der Waals surface area contributed by atoms with Gasteiger partial charge in [-0.3, -0.25) is 9.59 Å². The molecule has 0 amide bonds. The number of alkyl halides is 1. The van der Waals surface area contributed by atoms with E-state index in [1.807, 2.05) is 0 Å². The first-order chi connectivity index (χ1) is 5.91. The van der Waals surface area contributed by atoms with Gasteiger partial charge in [0.05, 0.1) is 0 Å². The molecule has 0 bridgehead atoms. The van der Waals surface area contributed by atoms with Crippen molar-refractivity contribution < 1.29 is 19.8 Å². The number of aliphatic carboxylic acids is 2. The Morgan fingerprint density at radius 2 is 1.54 bits per heavy atom. The van der Waals surface area contributed by atoms with Crippen LogP contribution in [-0.2, 0) is 9.59 Å². The molecule has 0 unspecified atom stereocenters. The Labute approximate surface area is 85.1 Å². The van der Waals surface area contributed by atoms with E-state index in [1.165, 1.54) is 0 Å². The van der Waals surface area contributed by atoms with Gasteiger partial charge in [-0.05, 0) is 5.92 Å². The zero-order valence-electron chi connectivity index (χ0n) is 7.58. The van der Waals surface area contributed by atoms with Crippen molar-refractivity contribution in [3.8, 4) is 0 Å². The van der Waals surface area contributed by atoms with Crippen molar-refractivity contribution in [3.63, 3.8) is 0 Å². The Kier molecular flexibility index (Phi) is 4.39. The van der Waals surface area contributed by atoms with E-state index in [4.69, 9.17) is 10.2 Å². The van der Waals surface area contributed by atoms with E-state index < -0.39 is 22.2 Å². The van der Waals surface area contributed by atoms with Crippen LogP contribution in [0.3, 0.4) is 0 Å². The molecule has 0 fully saturated rings. The van der Waals surface area contributed by atoms with Crippen molar-refractivity contribution in [2.45, 2.75) is 31.0 Å². The molecule has 76 valence electrons. The maximum atomic E-state index is 10.8. The lowest BCUT2D eigenvalue weighted by Gasteiger charge is -2.26. The summed E-state index contributed by atoms with van der Waals surface area (Å²) in [5.74, 6) is -3.08. The fraction of sp³-hybridized carbons (Fsp3) is 0.750. The normalized spacial score (nSPS) is 11.7. The molecule has 4 nitrogen and oxygen atoms in total. The van der Waals surface area contributed by atoms with Crippen LogP contribution < -0.4 is 0 Å². The minimum Gasteiger partial charge on any atom is -0.480 e. The summed E-state index contributed by atoms with van der Waals surface area (Å²) in [6.07, 6.45) is 1.03. The second kappa shape index (κ2) is 4.60. The largest absolute Gasteiger partial charge is 0.480 e. The number of hydrogen-bond donors (Lipinski definition) is 2. The molecule has 0 aromatic rings. The third-order valence-corrected chi connectivity index (χ3v) is 3.50.